The van der Waals surface area contributed by atoms with Gasteiger partial charge in [-0.15, -0.1) is 0 Å². The average molecular weight is 471 g/mol. The molecule has 4 rings (SSSR count). The van der Waals surface area contributed by atoms with Crippen molar-refractivity contribution in [2.45, 2.75) is 31.3 Å². The second-order valence-electron chi connectivity index (χ2n) is 8.19. The van der Waals surface area contributed by atoms with E-state index in [2.05, 4.69) is 25.5 Å². The minimum absolute atomic E-state index is 0.0468. The van der Waals surface area contributed by atoms with Crippen molar-refractivity contribution in [3.63, 3.8) is 0 Å². The second kappa shape index (κ2) is 9.29. The SMILES string of the molecule is Nc1nc2c(c(=O)[nH]1)N1CN(c3ccc(C(=O)N[C@@H](CCC(=O)O)C(=O)O)cc3)CC[C@@H]1CN2. The van der Waals surface area contributed by atoms with Crippen LogP contribution in [0.15, 0.2) is 29.1 Å². The number of nitrogen functional groups attached to an aromatic ring is 1. The first-order chi connectivity index (χ1) is 16.2. The van der Waals surface area contributed by atoms with Gasteiger partial charge in [-0.1, -0.05) is 0 Å². The number of nitrogens with one attached hydrogen (secondary N) is 3. The maximum Gasteiger partial charge on any atom is 0.326 e. The van der Waals surface area contributed by atoms with Gasteiger partial charge in [0.2, 0.25) is 5.95 Å². The fourth-order valence-corrected chi connectivity index (χ4v) is 4.19. The van der Waals surface area contributed by atoms with Crippen LogP contribution in [0, 0.1) is 0 Å². The van der Waals surface area contributed by atoms with Crippen molar-refractivity contribution in [1.29, 1.82) is 0 Å². The van der Waals surface area contributed by atoms with Gasteiger partial charge in [-0.3, -0.25) is 19.4 Å². The summed E-state index contributed by atoms with van der Waals surface area (Å²) in [5.41, 5.74) is 6.86. The highest BCUT2D eigenvalue weighted by molar-refractivity contribution is 5.97. The number of aromatic nitrogens is 2. The van der Waals surface area contributed by atoms with Crippen molar-refractivity contribution in [3.8, 4) is 0 Å². The molecule has 34 heavy (non-hydrogen) atoms. The lowest BCUT2D eigenvalue weighted by Gasteiger charge is -2.46. The lowest BCUT2D eigenvalue weighted by Crippen LogP contribution is -2.57. The minimum atomic E-state index is -1.30. The number of hydrogen-bond donors (Lipinski definition) is 6. The number of anilines is 4. The van der Waals surface area contributed by atoms with E-state index < -0.39 is 23.9 Å². The number of benzene rings is 1. The molecule has 0 spiro atoms. The quantitative estimate of drug-likeness (QED) is 0.315. The first kappa shape index (κ1) is 22.9. The van der Waals surface area contributed by atoms with Gasteiger partial charge in [0.15, 0.2) is 5.82 Å². The zero-order valence-electron chi connectivity index (χ0n) is 18.2. The Balaban J connectivity index is 1.46. The van der Waals surface area contributed by atoms with Crippen molar-refractivity contribution >= 4 is 41.0 Å². The molecular formula is C21H25N7O6. The van der Waals surface area contributed by atoms with E-state index in [1.165, 1.54) is 0 Å². The second-order valence-corrected chi connectivity index (χ2v) is 8.19. The van der Waals surface area contributed by atoms with Crippen LogP contribution in [0.4, 0.5) is 23.1 Å². The summed E-state index contributed by atoms with van der Waals surface area (Å²) in [6.07, 6.45) is 0.212. The largest absolute Gasteiger partial charge is 0.481 e. The van der Waals surface area contributed by atoms with Crippen LogP contribution in [0.1, 0.15) is 29.6 Å². The molecule has 13 nitrogen and oxygen atoms in total. The predicted molar refractivity (Wildman–Crippen MR) is 123 cm³/mol. The summed E-state index contributed by atoms with van der Waals surface area (Å²) >= 11 is 0. The molecule has 2 atom stereocenters. The lowest BCUT2D eigenvalue weighted by atomic mass is 10.1. The van der Waals surface area contributed by atoms with Crippen LogP contribution in [0.25, 0.3) is 0 Å². The molecule has 1 fully saturated rings. The monoisotopic (exact) mass is 471 g/mol. The Bertz CT molecular complexity index is 1170. The highest BCUT2D eigenvalue weighted by atomic mass is 16.4. The highest BCUT2D eigenvalue weighted by Crippen LogP contribution is 2.32. The summed E-state index contributed by atoms with van der Waals surface area (Å²) < 4.78 is 0. The standard InChI is InChI=1S/C21H25N7O6/c22-21-25-17-16(19(32)26-21)28-10-27(8-7-13(28)9-23-17)12-3-1-11(2-4-12)18(31)24-14(20(33)34)5-6-15(29)30/h1-4,13-14H,5-10H2,(H,24,31)(H,29,30)(H,33,34)(H4,22,23,25,26,32)/t13-,14+/m1/s1. The van der Waals surface area contributed by atoms with Crippen LogP contribution in [0.2, 0.25) is 0 Å². The Labute approximate surface area is 193 Å². The minimum Gasteiger partial charge on any atom is -0.481 e. The van der Waals surface area contributed by atoms with E-state index in [1.807, 2.05) is 4.90 Å². The molecule has 13 heteroatoms. The molecule has 1 aromatic carbocycles. The van der Waals surface area contributed by atoms with Gasteiger partial charge in [0.05, 0.1) is 12.7 Å². The van der Waals surface area contributed by atoms with Crippen LogP contribution in [0.5, 0.6) is 0 Å². The topological polar surface area (TPSA) is 194 Å². The van der Waals surface area contributed by atoms with Gasteiger partial charge >= 0.3 is 11.9 Å². The van der Waals surface area contributed by atoms with Crippen LogP contribution >= 0.6 is 0 Å². The van der Waals surface area contributed by atoms with Gasteiger partial charge in [0.1, 0.15) is 11.7 Å². The van der Waals surface area contributed by atoms with E-state index in [0.717, 1.165) is 18.7 Å². The fraction of sp³-hybridized carbons (Fsp3) is 0.381. The van der Waals surface area contributed by atoms with Crippen molar-refractivity contribution in [1.82, 2.24) is 15.3 Å². The molecule has 0 bridgehead atoms. The summed E-state index contributed by atoms with van der Waals surface area (Å²) in [5, 5.41) is 23.5. The maximum absolute atomic E-state index is 12.5. The molecule has 1 saturated heterocycles. The maximum atomic E-state index is 12.5. The Morgan fingerprint density at radius 3 is 2.65 bits per heavy atom. The number of nitrogens with two attached hydrogens (primary N) is 1. The Kier molecular flexibility index (Phi) is 6.25. The third-order valence-electron chi connectivity index (χ3n) is 5.95. The molecule has 0 saturated carbocycles. The zero-order chi connectivity index (χ0) is 24.4. The van der Waals surface area contributed by atoms with Crippen molar-refractivity contribution in [3.05, 3.63) is 40.2 Å². The van der Waals surface area contributed by atoms with Gasteiger partial charge in [0.25, 0.3) is 11.5 Å². The summed E-state index contributed by atoms with van der Waals surface area (Å²) in [7, 11) is 0. The van der Waals surface area contributed by atoms with Crippen molar-refractivity contribution < 1.29 is 24.6 Å². The summed E-state index contributed by atoms with van der Waals surface area (Å²) in [5.74, 6) is -2.54. The number of aliphatic carboxylic acids is 2. The van der Waals surface area contributed by atoms with Crippen LogP contribution in [0.3, 0.4) is 0 Å². The molecule has 2 aromatic rings. The van der Waals surface area contributed by atoms with E-state index in [-0.39, 0.29) is 36.0 Å². The zero-order valence-corrected chi connectivity index (χ0v) is 18.2. The third kappa shape index (κ3) is 4.72. The number of carbonyl (C=O) groups is 3. The van der Waals surface area contributed by atoms with Gasteiger partial charge < -0.3 is 36.4 Å². The van der Waals surface area contributed by atoms with Gasteiger partial charge in [-0.2, -0.15) is 4.98 Å². The van der Waals surface area contributed by atoms with Crippen molar-refractivity contribution in [2.24, 2.45) is 0 Å². The van der Waals surface area contributed by atoms with Gasteiger partial charge in [-0.25, -0.2) is 4.79 Å². The number of fused-ring (bicyclic) bond motifs is 3. The molecule has 0 radical (unpaired) electrons. The molecule has 3 heterocycles. The average Bonchev–Trinajstić information content (AvgIpc) is 2.80. The number of carboxylic acids is 2. The Morgan fingerprint density at radius 2 is 1.97 bits per heavy atom. The number of nitrogens with zero attached hydrogens (tertiary/aromatic N) is 3. The molecule has 2 aliphatic heterocycles. The molecule has 0 unspecified atom stereocenters. The number of H-pyrrole nitrogens is 1. The summed E-state index contributed by atoms with van der Waals surface area (Å²) in [6.45, 7) is 1.82. The van der Waals surface area contributed by atoms with E-state index in [0.29, 0.717) is 24.7 Å². The van der Waals surface area contributed by atoms with Crippen LogP contribution in [-0.4, -0.2) is 69.9 Å². The summed E-state index contributed by atoms with van der Waals surface area (Å²) in [6, 6.07) is 5.48. The summed E-state index contributed by atoms with van der Waals surface area (Å²) in [4.78, 5) is 57.8. The normalized spacial score (nSPS) is 17.7. The van der Waals surface area contributed by atoms with E-state index in [1.54, 1.807) is 24.3 Å². The fourth-order valence-electron chi connectivity index (χ4n) is 4.19. The van der Waals surface area contributed by atoms with Crippen molar-refractivity contribution in [2.75, 3.05) is 40.6 Å². The lowest BCUT2D eigenvalue weighted by molar-refractivity contribution is -0.140. The highest BCUT2D eigenvalue weighted by Gasteiger charge is 2.34. The number of aromatic amines is 1. The molecule has 1 aromatic heterocycles. The molecule has 0 aliphatic carbocycles. The molecular weight excluding hydrogens is 446 g/mol. The van der Waals surface area contributed by atoms with Gasteiger partial charge in [0, 0.05) is 30.8 Å². The van der Waals surface area contributed by atoms with E-state index in [4.69, 9.17) is 10.8 Å². The Hall–Kier alpha value is -4.29. The Morgan fingerprint density at radius 1 is 1.24 bits per heavy atom. The molecule has 2 aliphatic rings. The number of amides is 1. The number of carbonyl (C=O) groups excluding carboxylic acids is 1. The molecule has 1 amide bonds. The van der Waals surface area contributed by atoms with E-state index >= 15 is 0 Å². The van der Waals surface area contributed by atoms with Gasteiger partial charge in [-0.05, 0) is 37.1 Å². The molecule has 7 N–H and O–H groups in total. The number of hydrogen-bond acceptors (Lipinski definition) is 9. The smallest absolute Gasteiger partial charge is 0.326 e. The van der Waals surface area contributed by atoms with Crippen LogP contribution in [-0.2, 0) is 9.59 Å². The predicted octanol–water partition coefficient (Wildman–Crippen LogP) is -0.132. The first-order valence-corrected chi connectivity index (χ1v) is 10.7. The molecule has 180 valence electrons. The third-order valence-corrected chi connectivity index (χ3v) is 5.95. The van der Waals surface area contributed by atoms with Crippen LogP contribution < -0.4 is 31.7 Å². The number of rotatable bonds is 7. The van der Waals surface area contributed by atoms with E-state index in [9.17, 15) is 24.3 Å². The first-order valence-electron chi connectivity index (χ1n) is 10.7. The number of carboxylic acid groups (broad SMARTS) is 2.